The van der Waals surface area contributed by atoms with Gasteiger partial charge < -0.3 is 4.98 Å². The van der Waals surface area contributed by atoms with Gasteiger partial charge in [0.15, 0.2) is 5.13 Å². The van der Waals surface area contributed by atoms with Crippen LogP contribution in [0.25, 0.3) is 0 Å². The van der Waals surface area contributed by atoms with Crippen molar-refractivity contribution in [1.82, 2.24) is 9.97 Å². The van der Waals surface area contributed by atoms with Gasteiger partial charge in [0.25, 0.3) is 5.91 Å². The third kappa shape index (κ3) is 2.79. The molecule has 0 atom stereocenters. The molecule has 2 rings (SSSR count). The summed E-state index contributed by atoms with van der Waals surface area (Å²) < 4.78 is 0. The van der Waals surface area contributed by atoms with E-state index in [1.54, 1.807) is 23.6 Å². The highest BCUT2D eigenvalue weighted by atomic mass is 32.1. The molecule has 2 aromatic heterocycles. The Hall–Kier alpha value is -1.62. The number of nitrogens with one attached hydrogen (secondary N) is 2. The molecule has 18 heavy (non-hydrogen) atoms. The molecule has 0 bridgehead atoms. The van der Waals surface area contributed by atoms with Crippen LogP contribution in [0.4, 0.5) is 5.13 Å². The maximum Gasteiger partial charge on any atom is 0.259 e. The van der Waals surface area contributed by atoms with E-state index in [1.807, 2.05) is 13.1 Å². The van der Waals surface area contributed by atoms with Crippen molar-refractivity contribution in [2.45, 2.75) is 33.1 Å². The first-order valence-corrected chi connectivity index (χ1v) is 6.98. The predicted molar refractivity (Wildman–Crippen MR) is 74.2 cm³/mol. The van der Waals surface area contributed by atoms with Crippen molar-refractivity contribution < 1.29 is 4.79 Å². The molecule has 4 nitrogen and oxygen atoms in total. The van der Waals surface area contributed by atoms with Gasteiger partial charge in [0, 0.05) is 23.0 Å². The Bertz CT molecular complexity index is 530. The van der Waals surface area contributed by atoms with Crippen LogP contribution in [-0.2, 0) is 12.8 Å². The molecular formula is C13H17N3OS. The summed E-state index contributed by atoms with van der Waals surface area (Å²) in [6.07, 6.45) is 6.54. The van der Waals surface area contributed by atoms with E-state index < -0.39 is 0 Å². The second-order valence-corrected chi connectivity index (χ2v) is 5.17. The predicted octanol–water partition coefficient (Wildman–Crippen LogP) is 3.24. The van der Waals surface area contributed by atoms with Crippen molar-refractivity contribution in [3.8, 4) is 0 Å². The van der Waals surface area contributed by atoms with E-state index in [2.05, 4.69) is 22.2 Å². The van der Waals surface area contributed by atoms with Crippen molar-refractivity contribution in [1.29, 1.82) is 0 Å². The van der Waals surface area contributed by atoms with Crippen LogP contribution in [0.3, 0.4) is 0 Å². The number of aromatic amines is 1. The average Bonchev–Trinajstić information content (AvgIpc) is 2.98. The monoisotopic (exact) mass is 263 g/mol. The minimum atomic E-state index is -0.0921. The van der Waals surface area contributed by atoms with Crippen molar-refractivity contribution >= 4 is 22.4 Å². The van der Waals surface area contributed by atoms with Crippen LogP contribution in [0.1, 0.15) is 41.2 Å². The summed E-state index contributed by atoms with van der Waals surface area (Å²) in [5.74, 6) is -0.0921. The second-order valence-electron chi connectivity index (χ2n) is 4.06. The summed E-state index contributed by atoms with van der Waals surface area (Å²) in [7, 11) is 0. The number of rotatable bonds is 5. The number of amides is 1. The fraction of sp³-hybridized carbons (Fsp3) is 0.385. The minimum absolute atomic E-state index is 0.0921. The summed E-state index contributed by atoms with van der Waals surface area (Å²) in [5, 5.41) is 3.52. The van der Waals surface area contributed by atoms with Crippen molar-refractivity contribution in [3.63, 3.8) is 0 Å². The number of carbonyl (C=O) groups excluding carboxylic acids is 1. The van der Waals surface area contributed by atoms with Gasteiger partial charge in [-0.15, -0.1) is 11.3 Å². The average molecular weight is 263 g/mol. The van der Waals surface area contributed by atoms with E-state index in [0.717, 1.165) is 25.0 Å². The zero-order valence-corrected chi connectivity index (χ0v) is 11.4. The van der Waals surface area contributed by atoms with Crippen molar-refractivity contribution in [2.24, 2.45) is 0 Å². The zero-order chi connectivity index (χ0) is 13.0. The van der Waals surface area contributed by atoms with Crippen LogP contribution in [-0.4, -0.2) is 15.9 Å². The number of hydrogen-bond acceptors (Lipinski definition) is 3. The first-order valence-electron chi connectivity index (χ1n) is 6.16. The van der Waals surface area contributed by atoms with Crippen LogP contribution in [0.15, 0.2) is 18.5 Å². The lowest BCUT2D eigenvalue weighted by Gasteiger charge is -2.01. The summed E-state index contributed by atoms with van der Waals surface area (Å²) in [6, 6.07) is 1.80. The van der Waals surface area contributed by atoms with E-state index in [4.69, 9.17) is 0 Å². The molecule has 96 valence electrons. The van der Waals surface area contributed by atoms with E-state index in [-0.39, 0.29) is 5.91 Å². The lowest BCUT2D eigenvalue weighted by Crippen LogP contribution is -2.12. The molecule has 0 aromatic carbocycles. The fourth-order valence-corrected chi connectivity index (χ4v) is 2.71. The molecule has 2 heterocycles. The van der Waals surface area contributed by atoms with Gasteiger partial charge in [-0.2, -0.15) is 0 Å². The smallest absolute Gasteiger partial charge is 0.259 e. The lowest BCUT2D eigenvalue weighted by atomic mass is 10.2. The van der Waals surface area contributed by atoms with Crippen LogP contribution < -0.4 is 5.32 Å². The number of aromatic nitrogens is 2. The molecule has 0 saturated heterocycles. The number of nitrogens with zero attached hydrogens (tertiary/aromatic N) is 1. The van der Waals surface area contributed by atoms with Gasteiger partial charge >= 0.3 is 0 Å². The fourth-order valence-electron chi connectivity index (χ4n) is 1.80. The molecule has 0 saturated carbocycles. The Labute approximate surface area is 110 Å². The lowest BCUT2D eigenvalue weighted by molar-refractivity contribution is 0.102. The summed E-state index contributed by atoms with van der Waals surface area (Å²) in [6.45, 7) is 4.15. The maximum absolute atomic E-state index is 12.1. The molecule has 2 aromatic rings. The standard InChI is InChI=1S/C13H17N3OS/c1-3-5-9-8-15-13(18-9)16-12(17)10-6-7-14-11(10)4-2/h6-8,14H,3-5H2,1-2H3,(H,15,16,17). The summed E-state index contributed by atoms with van der Waals surface area (Å²) >= 11 is 1.54. The highest BCUT2D eigenvalue weighted by molar-refractivity contribution is 7.15. The van der Waals surface area contributed by atoms with E-state index in [1.165, 1.54) is 4.88 Å². The molecule has 2 N–H and O–H groups in total. The van der Waals surface area contributed by atoms with E-state index in [0.29, 0.717) is 10.7 Å². The minimum Gasteiger partial charge on any atom is -0.364 e. The molecule has 0 unspecified atom stereocenters. The summed E-state index contributed by atoms with van der Waals surface area (Å²) in [5.41, 5.74) is 1.66. The molecule has 0 spiro atoms. The molecule has 0 aliphatic rings. The first kappa shape index (κ1) is 12.8. The number of carbonyl (C=O) groups is 1. The number of anilines is 1. The molecular weight excluding hydrogens is 246 g/mol. The normalized spacial score (nSPS) is 10.6. The topological polar surface area (TPSA) is 57.8 Å². The molecule has 1 amide bonds. The van der Waals surface area contributed by atoms with Gasteiger partial charge in [0.2, 0.25) is 0 Å². The van der Waals surface area contributed by atoms with Gasteiger partial charge in [0.1, 0.15) is 0 Å². The zero-order valence-electron chi connectivity index (χ0n) is 10.6. The Kier molecular flexibility index (Phi) is 4.15. The number of H-pyrrole nitrogens is 1. The van der Waals surface area contributed by atoms with Gasteiger partial charge in [-0.3, -0.25) is 10.1 Å². The Morgan fingerprint density at radius 3 is 3.06 bits per heavy atom. The summed E-state index contributed by atoms with van der Waals surface area (Å²) in [4.78, 5) is 20.6. The number of thiazole rings is 1. The molecule has 0 radical (unpaired) electrons. The van der Waals surface area contributed by atoms with Crippen molar-refractivity contribution in [3.05, 3.63) is 34.6 Å². The molecule has 5 heteroatoms. The van der Waals surface area contributed by atoms with Gasteiger partial charge in [-0.1, -0.05) is 20.3 Å². The largest absolute Gasteiger partial charge is 0.364 e. The highest BCUT2D eigenvalue weighted by Gasteiger charge is 2.13. The quantitative estimate of drug-likeness (QED) is 0.870. The van der Waals surface area contributed by atoms with Crippen LogP contribution in [0.2, 0.25) is 0 Å². The molecule has 0 aliphatic carbocycles. The van der Waals surface area contributed by atoms with Gasteiger partial charge in [0.05, 0.1) is 5.56 Å². The van der Waals surface area contributed by atoms with E-state index in [9.17, 15) is 4.79 Å². The molecule has 0 fully saturated rings. The second kappa shape index (κ2) is 5.82. The molecule has 0 aliphatic heterocycles. The Balaban J connectivity index is 2.06. The first-order chi connectivity index (χ1) is 8.74. The van der Waals surface area contributed by atoms with E-state index >= 15 is 0 Å². The van der Waals surface area contributed by atoms with Crippen LogP contribution >= 0.6 is 11.3 Å². The highest BCUT2D eigenvalue weighted by Crippen LogP contribution is 2.20. The third-order valence-electron chi connectivity index (χ3n) is 2.70. The van der Waals surface area contributed by atoms with Gasteiger partial charge in [-0.25, -0.2) is 4.98 Å². The van der Waals surface area contributed by atoms with Gasteiger partial charge in [-0.05, 0) is 18.9 Å². The Morgan fingerprint density at radius 2 is 2.33 bits per heavy atom. The number of hydrogen-bond donors (Lipinski definition) is 2. The SMILES string of the molecule is CCCc1cnc(NC(=O)c2cc[nH]c2CC)s1. The number of aryl methyl sites for hydroxylation is 2. The third-order valence-corrected chi connectivity index (χ3v) is 3.67. The Morgan fingerprint density at radius 1 is 1.50 bits per heavy atom. The van der Waals surface area contributed by atoms with Crippen LogP contribution in [0.5, 0.6) is 0 Å². The van der Waals surface area contributed by atoms with Crippen LogP contribution in [0, 0.1) is 0 Å². The maximum atomic E-state index is 12.1. The van der Waals surface area contributed by atoms with Crippen molar-refractivity contribution in [2.75, 3.05) is 5.32 Å².